The highest BCUT2D eigenvalue weighted by Gasteiger charge is 2.40. The second-order valence-corrected chi connectivity index (χ2v) is 7.76. The first kappa shape index (κ1) is 19.2. The van der Waals surface area contributed by atoms with Crippen LogP contribution in [0.2, 0.25) is 0 Å². The molecule has 0 saturated carbocycles. The molecule has 5 heteroatoms. The van der Waals surface area contributed by atoms with Gasteiger partial charge in [-0.15, -0.1) is 11.8 Å². The number of aryl methyl sites for hydroxylation is 1. The quantitative estimate of drug-likeness (QED) is 0.539. The monoisotopic (exact) mass is 403 g/mol. The Bertz CT molecular complexity index is 1110. The molecule has 3 aromatic carbocycles. The van der Waals surface area contributed by atoms with Crippen molar-refractivity contribution in [2.75, 3.05) is 4.90 Å². The lowest BCUT2D eigenvalue weighted by Gasteiger charge is -2.15. The maximum Gasteiger partial charge on any atom is 0.272 e. The van der Waals surface area contributed by atoms with Crippen LogP contribution >= 0.6 is 11.8 Å². The number of carbonyl (C=O) groups excluding carboxylic acids is 2. The summed E-state index contributed by atoms with van der Waals surface area (Å²) in [5, 5.41) is 0. The van der Waals surface area contributed by atoms with Gasteiger partial charge < -0.3 is 0 Å². The first-order chi connectivity index (χ1) is 14.0. The van der Waals surface area contributed by atoms with Crippen LogP contribution in [0.3, 0.4) is 0 Å². The van der Waals surface area contributed by atoms with Gasteiger partial charge in [0.05, 0.1) is 16.2 Å². The largest absolute Gasteiger partial charge is 0.272 e. The Hall–Kier alpha value is -3.18. The van der Waals surface area contributed by atoms with Crippen molar-refractivity contribution < 1.29 is 14.0 Å². The molecule has 1 aliphatic rings. The van der Waals surface area contributed by atoms with E-state index in [1.165, 1.54) is 30.0 Å². The molecule has 0 N–H and O–H groups in total. The van der Waals surface area contributed by atoms with Gasteiger partial charge in [-0.25, -0.2) is 9.29 Å². The van der Waals surface area contributed by atoms with Crippen LogP contribution < -0.4 is 4.90 Å². The maximum atomic E-state index is 13.7. The second-order valence-electron chi connectivity index (χ2n) is 6.77. The first-order valence-corrected chi connectivity index (χ1v) is 10.2. The number of thioether (sulfide) groups is 1. The van der Waals surface area contributed by atoms with E-state index in [4.69, 9.17) is 0 Å². The molecule has 0 saturated heterocycles. The van der Waals surface area contributed by atoms with E-state index in [0.29, 0.717) is 21.8 Å². The summed E-state index contributed by atoms with van der Waals surface area (Å²) in [5.74, 6) is -0.788. The molecule has 0 aromatic heterocycles. The average molecular weight is 403 g/mol. The molecule has 1 heterocycles. The Morgan fingerprint density at radius 3 is 2.28 bits per heavy atom. The van der Waals surface area contributed by atoms with E-state index in [1.807, 2.05) is 61.5 Å². The Morgan fingerprint density at radius 2 is 1.59 bits per heavy atom. The number of anilines is 1. The number of nitrogens with zero attached hydrogens (tertiary/aromatic N) is 1. The molecule has 0 fully saturated rings. The molecule has 0 unspecified atom stereocenters. The Labute approximate surface area is 172 Å². The molecule has 0 radical (unpaired) electrons. The number of hydrogen-bond acceptors (Lipinski definition) is 3. The van der Waals surface area contributed by atoms with E-state index < -0.39 is 17.6 Å². The number of carbonyl (C=O) groups is 2. The Morgan fingerprint density at radius 1 is 0.862 bits per heavy atom. The third kappa shape index (κ3) is 3.87. The SMILES string of the molecule is Cc1ccc(C2=C(SCc3ccccc3)C(=O)N(c3cccc(F)c3)C2=O)cc1. The number of hydrogen-bond donors (Lipinski definition) is 0. The number of rotatable bonds is 5. The van der Waals surface area contributed by atoms with Crippen molar-refractivity contribution >= 4 is 34.8 Å². The van der Waals surface area contributed by atoms with Crippen molar-refractivity contribution in [1.29, 1.82) is 0 Å². The summed E-state index contributed by atoms with van der Waals surface area (Å²) in [6, 6.07) is 22.8. The molecule has 0 bridgehead atoms. The van der Waals surface area contributed by atoms with Crippen LogP contribution in [0.25, 0.3) is 5.57 Å². The van der Waals surface area contributed by atoms with Gasteiger partial charge in [0.25, 0.3) is 11.8 Å². The van der Waals surface area contributed by atoms with E-state index in [1.54, 1.807) is 6.07 Å². The lowest BCUT2D eigenvalue weighted by atomic mass is 10.0. The second kappa shape index (κ2) is 8.05. The van der Waals surface area contributed by atoms with Crippen LogP contribution in [0.5, 0.6) is 0 Å². The first-order valence-electron chi connectivity index (χ1n) is 9.17. The Kier molecular flexibility index (Phi) is 5.32. The summed E-state index contributed by atoms with van der Waals surface area (Å²) in [7, 11) is 0. The smallest absolute Gasteiger partial charge is 0.268 e. The molecular weight excluding hydrogens is 385 g/mol. The average Bonchev–Trinajstić information content (AvgIpc) is 2.97. The normalized spacial score (nSPS) is 14.1. The van der Waals surface area contributed by atoms with Crippen LogP contribution in [-0.2, 0) is 15.3 Å². The molecule has 144 valence electrons. The zero-order chi connectivity index (χ0) is 20.4. The van der Waals surface area contributed by atoms with Gasteiger partial charge in [-0.3, -0.25) is 9.59 Å². The van der Waals surface area contributed by atoms with Crippen LogP contribution in [0.15, 0.2) is 83.8 Å². The fourth-order valence-corrected chi connectivity index (χ4v) is 4.27. The fraction of sp³-hybridized carbons (Fsp3) is 0.0833. The highest BCUT2D eigenvalue weighted by Crippen LogP contribution is 2.39. The van der Waals surface area contributed by atoms with Gasteiger partial charge in [-0.1, -0.05) is 66.2 Å². The van der Waals surface area contributed by atoms with Gasteiger partial charge in [-0.2, -0.15) is 0 Å². The van der Waals surface area contributed by atoms with Gasteiger partial charge in [0, 0.05) is 5.75 Å². The van der Waals surface area contributed by atoms with E-state index in [0.717, 1.165) is 16.0 Å². The lowest BCUT2D eigenvalue weighted by molar-refractivity contribution is -0.119. The van der Waals surface area contributed by atoms with Gasteiger partial charge in [0.2, 0.25) is 0 Å². The van der Waals surface area contributed by atoms with Crippen molar-refractivity contribution in [1.82, 2.24) is 0 Å². The highest BCUT2D eigenvalue weighted by atomic mass is 32.2. The molecule has 2 amide bonds. The zero-order valence-corrected chi connectivity index (χ0v) is 16.6. The summed E-state index contributed by atoms with van der Waals surface area (Å²) < 4.78 is 13.7. The van der Waals surface area contributed by atoms with Gasteiger partial charge >= 0.3 is 0 Å². The summed E-state index contributed by atoms with van der Waals surface area (Å²) in [6.45, 7) is 1.96. The highest BCUT2D eigenvalue weighted by molar-refractivity contribution is 8.03. The van der Waals surface area contributed by atoms with Crippen molar-refractivity contribution in [2.24, 2.45) is 0 Å². The molecule has 1 aliphatic heterocycles. The third-order valence-electron chi connectivity index (χ3n) is 4.67. The van der Waals surface area contributed by atoms with Crippen LogP contribution in [0.1, 0.15) is 16.7 Å². The molecule has 0 atom stereocenters. The predicted octanol–water partition coefficient (Wildman–Crippen LogP) is 5.35. The van der Waals surface area contributed by atoms with Crippen LogP contribution in [0.4, 0.5) is 10.1 Å². The summed E-state index contributed by atoms with van der Waals surface area (Å²) in [6.07, 6.45) is 0. The summed E-state index contributed by atoms with van der Waals surface area (Å²) in [4.78, 5) is 27.9. The fourth-order valence-electron chi connectivity index (χ4n) is 3.20. The number of halogens is 1. The number of amides is 2. The number of imide groups is 1. The van der Waals surface area contributed by atoms with Gasteiger partial charge in [0.15, 0.2) is 0 Å². The minimum absolute atomic E-state index is 0.236. The van der Waals surface area contributed by atoms with Crippen molar-refractivity contribution in [3.63, 3.8) is 0 Å². The van der Waals surface area contributed by atoms with Crippen molar-refractivity contribution in [3.8, 4) is 0 Å². The molecular formula is C24H18FNO2S. The third-order valence-corrected chi connectivity index (χ3v) is 5.82. The van der Waals surface area contributed by atoms with E-state index in [-0.39, 0.29) is 5.69 Å². The molecule has 3 aromatic rings. The van der Waals surface area contributed by atoms with Crippen molar-refractivity contribution in [3.05, 3.63) is 106 Å². The predicted molar refractivity (Wildman–Crippen MR) is 115 cm³/mol. The standard InChI is InChI=1S/C24H18FNO2S/c1-16-10-12-18(13-11-16)21-22(29-15-17-6-3-2-4-7-17)24(28)26(23(21)27)20-9-5-8-19(25)14-20/h2-14H,15H2,1H3. The van der Waals surface area contributed by atoms with Crippen LogP contribution in [-0.4, -0.2) is 11.8 Å². The summed E-state index contributed by atoms with van der Waals surface area (Å²) in [5.41, 5.74) is 3.40. The molecule has 4 rings (SSSR count). The van der Waals surface area contributed by atoms with E-state index in [2.05, 4.69) is 0 Å². The van der Waals surface area contributed by atoms with E-state index >= 15 is 0 Å². The lowest BCUT2D eigenvalue weighted by Crippen LogP contribution is -2.31. The molecule has 0 spiro atoms. The van der Waals surface area contributed by atoms with Gasteiger partial charge in [0.1, 0.15) is 5.82 Å². The molecule has 3 nitrogen and oxygen atoms in total. The molecule has 0 aliphatic carbocycles. The number of benzene rings is 3. The van der Waals surface area contributed by atoms with Crippen LogP contribution in [0, 0.1) is 12.7 Å². The zero-order valence-electron chi connectivity index (χ0n) is 15.8. The van der Waals surface area contributed by atoms with Crippen molar-refractivity contribution in [2.45, 2.75) is 12.7 Å². The minimum atomic E-state index is -0.495. The maximum absolute atomic E-state index is 13.7. The van der Waals surface area contributed by atoms with E-state index in [9.17, 15) is 14.0 Å². The molecule has 29 heavy (non-hydrogen) atoms. The Balaban J connectivity index is 1.75. The topological polar surface area (TPSA) is 37.4 Å². The summed E-state index contributed by atoms with van der Waals surface area (Å²) >= 11 is 1.33. The van der Waals surface area contributed by atoms with Gasteiger partial charge in [-0.05, 0) is 36.2 Å². The minimum Gasteiger partial charge on any atom is -0.268 e.